The SMILES string of the molecule is C/C(=C\C=C\N1CCCC1)[N+](=O)[O-]. The molecule has 4 heteroatoms. The van der Waals surface area contributed by atoms with Gasteiger partial charge in [0.25, 0.3) is 0 Å². The minimum atomic E-state index is -0.381. The lowest BCUT2D eigenvalue weighted by molar-refractivity contribution is -0.424. The number of hydrogen-bond donors (Lipinski definition) is 0. The fourth-order valence-corrected chi connectivity index (χ4v) is 1.26. The summed E-state index contributed by atoms with van der Waals surface area (Å²) < 4.78 is 0. The molecule has 0 N–H and O–H groups in total. The number of rotatable bonds is 3. The average Bonchev–Trinajstić information content (AvgIpc) is 2.56. The number of nitrogens with zero attached hydrogens (tertiary/aromatic N) is 2. The number of nitro groups is 1. The predicted molar refractivity (Wildman–Crippen MR) is 50.7 cm³/mol. The van der Waals surface area contributed by atoms with Crippen molar-refractivity contribution in [1.29, 1.82) is 0 Å². The molecular weight excluding hydrogens is 168 g/mol. The second kappa shape index (κ2) is 4.64. The van der Waals surface area contributed by atoms with Crippen molar-refractivity contribution in [3.05, 3.63) is 34.2 Å². The summed E-state index contributed by atoms with van der Waals surface area (Å²) in [5.74, 6) is 0. The topological polar surface area (TPSA) is 46.4 Å². The highest BCUT2D eigenvalue weighted by Gasteiger charge is 2.05. The zero-order chi connectivity index (χ0) is 9.68. The van der Waals surface area contributed by atoms with Gasteiger partial charge in [0.1, 0.15) is 0 Å². The molecule has 0 radical (unpaired) electrons. The highest BCUT2D eigenvalue weighted by atomic mass is 16.6. The standard InChI is InChI=1S/C9H14N2O2/c1-9(11(12)13)5-4-8-10-6-2-3-7-10/h4-5,8H,2-3,6-7H2,1H3/b8-4+,9-5+. The highest BCUT2D eigenvalue weighted by molar-refractivity contribution is 5.05. The monoisotopic (exact) mass is 182 g/mol. The van der Waals surface area contributed by atoms with Crippen molar-refractivity contribution in [1.82, 2.24) is 4.90 Å². The van der Waals surface area contributed by atoms with Gasteiger partial charge in [-0.25, -0.2) is 0 Å². The number of likely N-dealkylation sites (tertiary alicyclic amines) is 1. The summed E-state index contributed by atoms with van der Waals surface area (Å²) in [6, 6.07) is 0. The van der Waals surface area contributed by atoms with E-state index in [1.165, 1.54) is 25.8 Å². The van der Waals surface area contributed by atoms with Crippen LogP contribution in [0, 0.1) is 10.1 Å². The Kier molecular flexibility index (Phi) is 3.49. The fraction of sp³-hybridized carbons (Fsp3) is 0.556. The maximum Gasteiger partial charge on any atom is 0.243 e. The first-order chi connectivity index (χ1) is 6.20. The molecule has 1 aliphatic heterocycles. The Hall–Kier alpha value is -1.32. The Morgan fingerprint density at radius 1 is 1.46 bits per heavy atom. The van der Waals surface area contributed by atoms with Crippen molar-refractivity contribution in [3.63, 3.8) is 0 Å². The van der Waals surface area contributed by atoms with Gasteiger partial charge in [-0.3, -0.25) is 10.1 Å². The van der Waals surface area contributed by atoms with Gasteiger partial charge >= 0.3 is 0 Å². The molecule has 1 rings (SSSR count). The summed E-state index contributed by atoms with van der Waals surface area (Å²) in [5.41, 5.74) is 0.176. The van der Waals surface area contributed by atoms with Crippen LogP contribution in [0.2, 0.25) is 0 Å². The van der Waals surface area contributed by atoms with Crippen LogP contribution in [0.1, 0.15) is 19.8 Å². The Balaban J connectivity index is 2.39. The lowest BCUT2D eigenvalue weighted by atomic mass is 10.4. The van der Waals surface area contributed by atoms with E-state index in [1.807, 2.05) is 6.20 Å². The van der Waals surface area contributed by atoms with E-state index in [0.29, 0.717) is 0 Å². The molecule has 0 spiro atoms. The summed E-state index contributed by atoms with van der Waals surface area (Å²) in [4.78, 5) is 12.0. The fourth-order valence-electron chi connectivity index (χ4n) is 1.26. The molecule has 0 atom stereocenters. The van der Waals surface area contributed by atoms with Crippen LogP contribution in [0.5, 0.6) is 0 Å². The molecule has 13 heavy (non-hydrogen) atoms. The normalized spacial score (nSPS) is 18.5. The van der Waals surface area contributed by atoms with E-state index >= 15 is 0 Å². The first kappa shape index (κ1) is 9.77. The van der Waals surface area contributed by atoms with E-state index in [0.717, 1.165) is 13.1 Å². The summed E-state index contributed by atoms with van der Waals surface area (Å²) in [6.45, 7) is 3.64. The molecule has 0 saturated carbocycles. The lowest BCUT2D eigenvalue weighted by Crippen LogP contribution is -2.09. The van der Waals surface area contributed by atoms with Gasteiger partial charge in [0.05, 0.1) is 4.92 Å². The zero-order valence-corrected chi connectivity index (χ0v) is 7.77. The quantitative estimate of drug-likeness (QED) is 0.379. The van der Waals surface area contributed by atoms with Gasteiger partial charge in [-0.05, 0) is 25.1 Å². The van der Waals surface area contributed by atoms with E-state index in [4.69, 9.17) is 0 Å². The molecule has 1 saturated heterocycles. The molecule has 0 aromatic rings. The summed E-state index contributed by atoms with van der Waals surface area (Å²) >= 11 is 0. The van der Waals surface area contributed by atoms with Crippen molar-refractivity contribution < 1.29 is 4.92 Å². The van der Waals surface area contributed by atoms with Crippen molar-refractivity contribution in [2.75, 3.05) is 13.1 Å². The third kappa shape index (κ3) is 3.27. The van der Waals surface area contributed by atoms with E-state index in [-0.39, 0.29) is 10.6 Å². The molecule has 0 aromatic carbocycles. The van der Waals surface area contributed by atoms with Crippen molar-refractivity contribution in [2.45, 2.75) is 19.8 Å². The summed E-state index contributed by atoms with van der Waals surface area (Å²) in [5, 5.41) is 10.2. The van der Waals surface area contributed by atoms with E-state index in [2.05, 4.69) is 4.90 Å². The van der Waals surface area contributed by atoms with Crippen LogP contribution >= 0.6 is 0 Å². The minimum absolute atomic E-state index is 0.176. The zero-order valence-electron chi connectivity index (χ0n) is 7.77. The van der Waals surface area contributed by atoms with E-state index < -0.39 is 0 Å². The van der Waals surface area contributed by atoms with E-state index in [9.17, 15) is 10.1 Å². The Bertz CT molecular complexity index is 240. The third-order valence-corrected chi connectivity index (χ3v) is 2.06. The first-order valence-corrected chi connectivity index (χ1v) is 4.43. The van der Waals surface area contributed by atoms with Crippen LogP contribution in [-0.4, -0.2) is 22.9 Å². The van der Waals surface area contributed by atoms with Crippen LogP contribution in [-0.2, 0) is 0 Å². The van der Waals surface area contributed by atoms with E-state index in [1.54, 1.807) is 6.08 Å². The molecule has 1 heterocycles. The Morgan fingerprint density at radius 3 is 2.62 bits per heavy atom. The largest absolute Gasteiger partial charge is 0.377 e. The van der Waals surface area contributed by atoms with Gasteiger partial charge < -0.3 is 4.90 Å². The number of hydrogen-bond acceptors (Lipinski definition) is 3. The smallest absolute Gasteiger partial charge is 0.243 e. The minimum Gasteiger partial charge on any atom is -0.377 e. The van der Waals surface area contributed by atoms with Crippen molar-refractivity contribution in [2.24, 2.45) is 0 Å². The second-order valence-corrected chi connectivity index (χ2v) is 3.15. The van der Waals surface area contributed by atoms with Crippen LogP contribution < -0.4 is 0 Å². The molecular formula is C9H14N2O2. The molecule has 1 aliphatic rings. The molecule has 0 unspecified atom stereocenters. The maximum absolute atomic E-state index is 10.2. The maximum atomic E-state index is 10.2. The molecule has 4 nitrogen and oxygen atoms in total. The highest BCUT2D eigenvalue weighted by Crippen LogP contribution is 2.07. The van der Waals surface area contributed by atoms with Gasteiger partial charge in [0, 0.05) is 26.1 Å². The van der Waals surface area contributed by atoms with Crippen molar-refractivity contribution >= 4 is 0 Å². The van der Waals surface area contributed by atoms with Gasteiger partial charge in [0.15, 0.2) is 0 Å². The van der Waals surface area contributed by atoms with Crippen LogP contribution in [0.4, 0.5) is 0 Å². The van der Waals surface area contributed by atoms with Gasteiger partial charge in [-0.1, -0.05) is 0 Å². The third-order valence-electron chi connectivity index (χ3n) is 2.06. The first-order valence-electron chi connectivity index (χ1n) is 4.43. The summed E-state index contributed by atoms with van der Waals surface area (Å²) in [6.07, 6.45) is 7.63. The molecule has 0 aliphatic carbocycles. The molecule has 0 aromatic heterocycles. The average molecular weight is 182 g/mol. The van der Waals surface area contributed by atoms with Gasteiger partial charge in [-0.2, -0.15) is 0 Å². The second-order valence-electron chi connectivity index (χ2n) is 3.15. The number of allylic oxidation sites excluding steroid dienone is 3. The Labute approximate surface area is 77.7 Å². The van der Waals surface area contributed by atoms with Gasteiger partial charge in [-0.15, -0.1) is 0 Å². The van der Waals surface area contributed by atoms with Crippen LogP contribution in [0.25, 0.3) is 0 Å². The molecule has 1 fully saturated rings. The van der Waals surface area contributed by atoms with Crippen LogP contribution in [0.3, 0.4) is 0 Å². The molecule has 0 amide bonds. The van der Waals surface area contributed by atoms with Crippen molar-refractivity contribution in [3.8, 4) is 0 Å². The lowest BCUT2D eigenvalue weighted by Gasteiger charge is -2.08. The molecule has 0 bridgehead atoms. The Morgan fingerprint density at radius 2 is 2.08 bits per heavy atom. The van der Waals surface area contributed by atoms with Gasteiger partial charge in [0.2, 0.25) is 5.70 Å². The summed E-state index contributed by atoms with van der Waals surface area (Å²) in [7, 11) is 0. The predicted octanol–water partition coefficient (Wildman–Crippen LogP) is 1.78. The van der Waals surface area contributed by atoms with Crippen LogP contribution in [0.15, 0.2) is 24.0 Å². The molecule has 72 valence electrons.